The Balaban J connectivity index is 3.03. The molecule has 0 saturated heterocycles. The minimum absolute atomic E-state index is 0.164. The Morgan fingerprint density at radius 3 is 2.42 bits per heavy atom. The normalized spacial score (nSPS) is 12.3. The first-order valence-electron chi connectivity index (χ1n) is 5.53. The van der Waals surface area contributed by atoms with Gasteiger partial charge in [0.1, 0.15) is 5.82 Å². The molecule has 0 aliphatic carbocycles. The number of halogens is 2. The third-order valence-corrected chi connectivity index (χ3v) is 3.59. The van der Waals surface area contributed by atoms with E-state index in [0.717, 1.165) is 18.2 Å². The van der Waals surface area contributed by atoms with E-state index in [9.17, 15) is 17.6 Å². The van der Waals surface area contributed by atoms with Crippen LogP contribution in [0.25, 0.3) is 0 Å². The number of rotatable bonds is 3. The molecule has 106 valence electrons. The van der Waals surface area contributed by atoms with Gasteiger partial charge in [0.25, 0.3) is 15.0 Å². The number of amides is 1. The molecule has 4 nitrogen and oxygen atoms in total. The summed E-state index contributed by atoms with van der Waals surface area (Å²) >= 11 is 0. The van der Waals surface area contributed by atoms with Crippen molar-refractivity contribution in [2.24, 2.45) is 5.41 Å². The highest BCUT2D eigenvalue weighted by molar-refractivity contribution is 8.13. The highest BCUT2D eigenvalue weighted by Crippen LogP contribution is 2.19. The third kappa shape index (κ3) is 4.80. The summed E-state index contributed by atoms with van der Waals surface area (Å²) in [6, 6.07) is 2.84. The van der Waals surface area contributed by atoms with E-state index in [1.54, 1.807) is 0 Å². The second-order valence-corrected chi connectivity index (χ2v) is 7.89. The van der Waals surface area contributed by atoms with E-state index in [-0.39, 0.29) is 15.9 Å². The fourth-order valence-corrected chi connectivity index (χ4v) is 2.05. The van der Waals surface area contributed by atoms with Gasteiger partial charge >= 0.3 is 0 Å². The van der Waals surface area contributed by atoms with Gasteiger partial charge in [0.15, 0.2) is 0 Å². The van der Waals surface area contributed by atoms with Crippen molar-refractivity contribution in [1.82, 2.24) is 5.32 Å². The monoisotopic (exact) mass is 307 g/mol. The predicted molar refractivity (Wildman–Crippen MR) is 71.2 cm³/mol. The SMILES string of the molecule is CC(C)(C)CNC(=O)c1cc(S(=O)(=O)Cl)ccc1F. The molecule has 0 radical (unpaired) electrons. The number of benzene rings is 1. The maximum atomic E-state index is 13.5. The number of carbonyl (C=O) groups is 1. The molecule has 0 bridgehead atoms. The van der Waals surface area contributed by atoms with Crippen LogP contribution in [0, 0.1) is 11.2 Å². The Morgan fingerprint density at radius 2 is 1.95 bits per heavy atom. The predicted octanol–water partition coefficient (Wildman–Crippen LogP) is 2.53. The van der Waals surface area contributed by atoms with Crippen LogP contribution < -0.4 is 5.32 Å². The fraction of sp³-hybridized carbons (Fsp3) is 0.417. The molecule has 1 N–H and O–H groups in total. The first-order valence-corrected chi connectivity index (χ1v) is 7.84. The highest BCUT2D eigenvalue weighted by Gasteiger charge is 2.19. The van der Waals surface area contributed by atoms with Crippen LogP contribution >= 0.6 is 10.7 Å². The van der Waals surface area contributed by atoms with Crippen LogP contribution in [0.3, 0.4) is 0 Å². The molecule has 1 aromatic rings. The van der Waals surface area contributed by atoms with Crippen molar-refractivity contribution in [2.75, 3.05) is 6.54 Å². The molecule has 0 aliphatic heterocycles. The Kier molecular flexibility index (Phi) is 4.58. The molecule has 1 rings (SSSR count). The average Bonchev–Trinajstić information content (AvgIpc) is 2.24. The molecule has 19 heavy (non-hydrogen) atoms. The lowest BCUT2D eigenvalue weighted by Crippen LogP contribution is -2.32. The summed E-state index contributed by atoms with van der Waals surface area (Å²) in [6.07, 6.45) is 0. The highest BCUT2D eigenvalue weighted by atomic mass is 35.7. The van der Waals surface area contributed by atoms with Gasteiger partial charge in [0, 0.05) is 17.2 Å². The first kappa shape index (κ1) is 15.9. The lowest BCUT2D eigenvalue weighted by atomic mass is 9.97. The summed E-state index contributed by atoms with van der Waals surface area (Å²) in [6.45, 7) is 6.05. The van der Waals surface area contributed by atoms with Gasteiger partial charge in [-0.15, -0.1) is 0 Å². The quantitative estimate of drug-likeness (QED) is 0.873. The van der Waals surface area contributed by atoms with Crippen LogP contribution in [-0.2, 0) is 9.05 Å². The van der Waals surface area contributed by atoms with Crippen molar-refractivity contribution < 1.29 is 17.6 Å². The van der Waals surface area contributed by atoms with Gasteiger partial charge in [-0.1, -0.05) is 20.8 Å². The molecule has 0 heterocycles. The fourth-order valence-electron chi connectivity index (χ4n) is 1.27. The zero-order chi connectivity index (χ0) is 14.8. The average molecular weight is 308 g/mol. The van der Waals surface area contributed by atoms with Gasteiger partial charge in [0.05, 0.1) is 10.5 Å². The van der Waals surface area contributed by atoms with Crippen molar-refractivity contribution in [3.8, 4) is 0 Å². The molecular weight excluding hydrogens is 293 g/mol. The van der Waals surface area contributed by atoms with E-state index in [1.165, 1.54) is 0 Å². The molecule has 0 saturated carbocycles. The molecule has 0 aromatic heterocycles. The van der Waals surface area contributed by atoms with E-state index < -0.39 is 20.8 Å². The Hall–Kier alpha value is -1.14. The van der Waals surface area contributed by atoms with Crippen molar-refractivity contribution in [2.45, 2.75) is 25.7 Å². The minimum Gasteiger partial charge on any atom is -0.351 e. The van der Waals surface area contributed by atoms with Crippen LogP contribution in [0.5, 0.6) is 0 Å². The second kappa shape index (κ2) is 5.46. The van der Waals surface area contributed by atoms with E-state index in [0.29, 0.717) is 6.54 Å². The van der Waals surface area contributed by atoms with Gasteiger partial charge in [-0.3, -0.25) is 4.79 Å². The van der Waals surface area contributed by atoms with Crippen LogP contribution in [0.15, 0.2) is 23.1 Å². The summed E-state index contributed by atoms with van der Waals surface area (Å²) in [4.78, 5) is 11.5. The topological polar surface area (TPSA) is 63.2 Å². The molecule has 0 unspecified atom stereocenters. The Labute approximate surface area is 116 Å². The van der Waals surface area contributed by atoms with Gasteiger partial charge in [-0.25, -0.2) is 12.8 Å². The summed E-state index contributed by atoms with van der Waals surface area (Å²) in [5, 5.41) is 2.54. The maximum Gasteiger partial charge on any atom is 0.261 e. The lowest BCUT2D eigenvalue weighted by Gasteiger charge is -2.18. The summed E-state index contributed by atoms with van der Waals surface area (Å²) in [7, 11) is 1.16. The standard InChI is InChI=1S/C12H15ClFNO3S/c1-12(2,3)7-15-11(16)9-6-8(19(13,17)18)4-5-10(9)14/h4-6H,7H2,1-3H3,(H,15,16). The zero-order valence-corrected chi connectivity index (χ0v) is 12.4. The van der Waals surface area contributed by atoms with Crippen molar-refractivity contribution in [3.05, 3.63) is 29.6 Å². The maximum absolute atomic E-state index is 13.5. The van der Waals surface area contributed by atoms with Crippen LogP contribution in [0.1, 0.15) is 31.1 Å². The summed E-state index contributed by atoms with van der Waals surface area (Å²) in [5.41, 5.74) is -0.506. The third-order valence-electron chi connectivity index (χ3n) is 2.24. The van der Waals surface area contributed by atoms with Crippen molar-refractivity contribution in [3.63, 3.8) is 0 Å². The van der Waals surface area contributed by atoms with E-state index in [4.69, 9.17) is 10.7 Å². The second-order valence-electron chi connectivity index (χ2n) is 5.32. The van der Waals surface area contributed by atoms with Crippen molar-refractivity contribution in [1.29, 1.82) is 0 Å². The van der Waals surface area contributed by atoms with E-state index in [1.807, 2.05) is 20.8 Å². The first-order chi connectivity index (χ1) is 8.50. The number of carbonyl (C=O) groups excluding carboxylic acids is 1. The number of nitrogens with one attached hydrogen (secondary N) is 1. The molecular formula is C12H15ClFNO3S. The minimum atomic E-state index is -3.99. The van der Waals surface area contributed by atoms with Crippen molar-refractivity contribution >= 4 is 25.6 Å². The largest absolute Gasteiger partial charge is 0.351 e. The van der Waals surface area contributed by atoms with E-state index in [2.05, 4.69) is 5.32 Å². The molecule has 1 aromatic carbocycles. The molecule has 0 aliphatic rings. The van der Waals surface area contributed by atoms with Gasteiger partial charge in [-0.05, 0) is 23.6 Å². The summed E-state index contributed by atoms with van der Waals surface area (Å²) < 4.78 is 35.8. The smallest absolute Gasteiger partial charge is 0.261 e. The molecule has 0 fully saturated rings. The summed E-state index contributed by atoms with van der Waals surface area (Å²) in [5.74, 6) is -1.47. The zero-order valence-electron chi connectivity index (χ0n) is 10.8. The molecule has 0 atom stereocenters. The van der Waals surface area contributed by atoms with Gasteiger partial charge < -0.3 is 5.32 Å². The van der Waals surface area contributed by atoms with Crippen LogP contribution in [-0.4, -0.2) is 20.9 Å². The molecule has 7 heteroatoms. The number of hydrogen-bond acceptors (Lipinski definition) is 3. The van der Waals surface area contributed by atoms with Gasteiger partial charge in [0.2, 0.25) is 0 Å². The van der Waals surface area contributed by atoms with Gasteiger partial charge in [-0.2, -0.15) is 0 Å². The lowest BCUT2D eigenvalue weighted by molar-refractivity contribution is 0.0935. The molecule has 1 amide bonds. The van der Waals surface area contributed by atoms with Crippen LogP contribution in [0.2, 0.25) is 0 Å². The number of hydrogen-bond donors (Lipinski definition) is 1. The molecule has 0 spiro atoms. The van der Waals surface area contributed by atoms with Crippen LogP contribution in [0.4, 0.5) is 4.39 Å². The van der Waals surface area contributed by atoms with E-state index >= 15 is 0 Å². The Bertz CT molecular complexity index is 593. The Morgan fingerprint density at radius 1 is 1.37 bits per heavy atom.